The maximum absolute atomic E-state index is 10.3. The van der Waals surface area contributed by atoms with Crippen molar-refractivity contribution in [3.05, 3.63) is 0 Å². The summed E-state index contributed by atoms with van der Waals surface area (Å²) in [6, 6.07) is 0. The molecule has 23 heavy (non-hydrogen) atoms. The van der Waals surface area contributed by atoms with Crippen molar-refractivity contribution in [2.24, 2.45) is 0 Å². The molecule has 1 heterocycles. The lowest BCUT2D eigenvalue weighted by Gasteiger charge is -2.40. The van der Waals surface area contributed by atoms with E-state index in [1.54, 1.807) is 0 Å². The quantitative estimate of drug-likeness (QED) is 0.196. The average molecular weight is 342 g/mol. The van der Waals surface area contributed by atoms with Crippen LogP contribution in [0.2, 0.25) is 0 Å². The summed E-state index contributed by atoms with van der Waals surface area (Å²) >= 11 is 0. The molecule has 0 bridgehead atoms. The van der Waals surface area contributed by atoms with Crippen LogP contribution in [0.3, 0.4) is 0 Å². The fourth-order valence-corrected chi connectivity index (χ4v) is 2.01. The van der Waals surface area contributed by atoms with Crippen molar-refractivity contribution in [2.75, 3.05) is 13.2 Å². The van der Waals surface area contributed by atoms with Crippen molar-refractivity contribution in [1.82, 2.24) is 0 Å². The van der Waals surface area contributed by atoms with E-state index in [2.05, 4.69) is 0 Å². The molecule has 8 N–H and O–H groups in total. The maximum atomic E-state index is 10.3. The molecule has 1 saturated heterocycles. The Morgan fingerprint density at radius 1 is 1.00 bits per heavy atom. The van der Waals surface area contributed by atoms with Crippen LogP contribution in [0.25, 0.3) is 0 Å². The van der Waals surface area contributed by atoms with E-state index in [0.717, 1.165) is 0 Å². The first-order valence-corrected chi connectivity index (χ1v) is 6.84. The molecule has 0 aliphatic carbocycles. The molecule has 11 nitrogen and oxygen atoms in total. The zero-order valence-electron chi connectivity index (χ0n) is 12.0. The second kappa shape index (κ2) is 8.94. The zero-order chi connectivity index (χ0) is 17.7. The van der Waals surface area contributed by atoms with Gasteiger partial charge in [0.25, 0.3) is 0 Å². The molecule has 1 fully saturated rings. The van der Waals surface area contributed by atoms with Crippen molar-refractivity contribution in [1.29, 1.82) is 0 Å². The van der Waals surface area contributed by atoms with Crippen LogP contribution in [-0.4, -0.2) is 115 Å². The van der Waals surface area contributed by atoms with Gasteiger partial charge in [-0.1, -0.05) is 0 Å². The topological polar surface area (TPSA) is 197 Å². The van der Waals surface area contributed by atoms with Crippen LogP contribution in [0.5, 0.6) is 0 Å². The molecule has 0 radical (unpaired) electrons. The molecule has 1 aliphatic rings. The van der Waals surface area contributed by atoms with E-state index in [0.29, 0.717) is 0 Å². The molecule has 0 amide bonds. The van der Waals surface area contributed by atoms with Crippen molar-refractivity contribution in [3.63, 3.8) is 0 Å². The van der Waals surface area contributed by atoms with Crippen molar-refractivity contribution in [3.8, 4) is 0 Å². The Labute approximate surface area is 130 Å². The number of rotatable bonds is 8. The van der Waals surface area contributed by atoms with Crippen LogP contribution in [0.15, 0.2) is 0 Å². The van der Waals surface area contributed by atoms with Gasteiger partial charge in [-0.15, -0.1) is 0 Å². The van der Waals surface area contributed by atoms with Gasteiger partial charge in [0.1, 0.15) is 48.8 Å². The third kappa shape index (κ3) is 4.87. The Kier molecular flexibility index (Phi) is 7.89. The minimum Gasteiger partial charge on any atom is -0.394 e. The van der Waals surface area contributed by atoms with Crippen LogP contribution in [0.1, 0.15) is 0 Å². The Morgan fingerprint density at radius 2 is 1.61 bits per heavy atom. The number of ether oxygens (including phenoxy) is 2. The van der Waals surface area contributed by atoms with E-state index in [1.165, 1.54) is 0 Å². The van der Waals surface area contributed by atoms with Gasteiger partial charge in [0.05, 0.1) is 13.2 Å². The highest BCUT2D eigenvalue weighted by molar-refractivity contribution is 5.56. The summed E-state index contributed by atoms with van der Waals surface area (Å²) in [4.78, 5) is 10.3. The van der Waals surface area contributed by atoms with Gasteiger partial charge < -0.3 is 55.1 Å². The summed E-state index contributed by atoms with van der Waals surface area (Å²) in [6.07, 6.45) is -15.3. The average Bonchev–Trinajstić information content (AvgIpc) is 2.56. The van der Waals surface area contributed by atoms with Gasteiger partial charge in [0.2, 0.25) is 0 Å². The van der Waals surface area contributed by atoms with Gasteiger partial charge in [0, 0.05) is 0 Å². The summed E-state index contributed by atoms with van der Waals surface area (Å²) in [5, 5.41) is 75.4. The third-order valence-electron chi connectivity index (χ3n) is 3.51. The van der Waals surface area contributed by atoms with Gasteiger partial charge >= 0.3 is 0 Å². The monoisotopic (exact) mass is 342 g/mol. The van der Waals surface area contributed by atoms with E-state index >= 15 is 0 Å². The molecule has 0 aromatic heterocycles. The summed E-state index contributed by atoms with van der Waals surface area (Å²) < 4.78 is 9.94. The van der Waals surface area contributed by atoms with Gasteiger partial charge in [-0.2, -0.15) is 0 Å². The van der Waals surface area contributed by atoms with E-state index in [9.17, 15) is 35.4 Å². The largest absolute Gasteiger partial charge is 0.394 e. The van der Waals surface area contributed by atoms with Crippen molar-refractivity contribution in [2.45, 2.75) is 55.1 Å². The molecule has 0 aromatic rings. The summed E-state index contributed by atoms with van der Waals surface area (Å²) in [6.45, 7) is -1.37. The van der Waals surface area contributed by atoms with E-state index in [-0.39, 0.29) is 6.29 Å². The minimum absolute atomic E-state index is 0.0287. The lowest BCUT2D eigenvalue weighted by Crippen LogP contribution is -2.59. The molecule has 11 heteroatoms. The molecule has 0 saturated carbocycles. The van der Waals surface area contributed by atoms with Gasteiger partial charge in [-0.25, -0.2) is 0 Å². The molecule has 136 valence electrons. The molecule has 0 aromatic carbocycles. The van der Waals surface area contributed by atoms with Crippen LogP contribution in [0.4, 0.5) is 0 Å². The normalized spacial score (nSPS) is 37.0. The number of hydrogen-bond donors (Lipinski definition) is 8. The van der Waals surface area contributed by atoms with Crippen molar-refractivity contribution >= 4 is 6.29 Å². The van der Waals surface area contributed by atoms with E-state index in [1.807, 2.05) is 0 Å². The number of aliphatic hydroxyl groups excluding tert-OH is 8. The minimum atomic E-state index is -1.96. The second-order valence-electron chi connectivity index (χ2n) is 5.21. The third-order valence-corrected chi connectivity index (χ3v) is 3.51. The highest BCUT2D eigenvalue weighted by Gasteiger charge is 2.44. The smallest absolute Gasteiger partial charge is 0.186 e. The van der Waals surface area contributed by atoms with Crippen LogP contribution in [0, 0.1) is 0 Å². The lowest BCUT2D eigenvalue weighted by molar-refractivity contribution is -0.306. The molecular weight excluding hydrogens is 320 g/mol. The summed E-state index contributed by atoms with van der Waals surface area (Å²) in [7, 11) is 0. The van der Waals surface area contributed by atoms with Gasteiger partial charge in [0.15, 0.2) is 12.6 Å². The first-order valence-electron chi connectivity index (χ1n) is 6.84. The van der Waals surface area contributed by atoms with Crippen molar-refractivity contribution < 1.29 is 55.1 Å². The number of carbonyl (C=O) groups excluding carboxylic acids is 1. The van der Waals surface area contributed by atoms with Gasteiger partial charge in [-0.05, 0) is 0 Å². The Morgan fingerprint density at radius 3 is 2.13 bits per heavy atom. The van der Waals surface area contributed by atoms with Crippen LogP contribution >= 0.6 is 0 Å². The summed E-state index contributed by atoms with van der Waals surface area (Å²) in [5.41, 5.74) is 0. The molecule has 0 spiro atoms. The predicted molar refractivity (Wildman–Crippen MR) is 69.8 cm³/mol. The highest BCUT2D eigenvalue weighted by Crippen LogP contribution is 2.22. The fraction of sp³-hybridized carbons (Fsp3) is 0.917. The van der Waals surface area contributed by atoms with E-state index in [4.69, 9.17) is 19.7 Å². The molecule has 1 aliphatic heterocycles. The Balaban J connectivity index is 2.57. The Hall–Kier alpha value is -0.730. The Bertz CT molecular complexity index is 365. The number of aldehydes is 1. The van der Waals surface area contributed by atoms with Gasteiger partial charge in [-0.3, -0.25) is 0 Å². The number of aliphatic hydroxyl groups is 8. The first kappa shape index (κ1) is 20.3. The number of carbonyl (C=O) groups is 1. The lowest BCUT2D eigenvalue weighted by atomic mass is 9.99. The maximum Gasteiger partial charge on any atom is 0.186 e. The second-order valence-corrected chi connectivity index (χ2v) is 5.21. The van der Waals surface area contributed by atoms with Crippen LogP contribution < -0.4 is 0 Å². The standard InChI is InChI=1S/C12H22O11/c13-1-4(15)7(17)8(18)5(16)3-22-12-11(21)10(20)9(19)6(2-14)23-12/h1,4-12,14-21H,2-3H2/t4-,5+,6+,7+,8+,9+,10-,11-,12-/m0/s1. The molecule has 0 unspecified atom stereocenters. The van der Waals surface area contributed by atoms with E-state index < -0.39 is 68.3 Å². The SMILES string of the molecule is O=C[C@H](O)[C@@H](O)[C@H](O)[C@H](O)CO[C@H]1O[C@H](CO)[C@@H](O)[C@H](O)[C@@H]1O. The fourth-order valence-electron chi connectivity index (χ4n) is 2.01. The molecule has 9 atom stereocenters. The summed E-state index contributed by atoms with van der Waals surface area (Å²) in [5.74, 6) is 0. The predicted octanol–water partition coefficient (Wildman–Crippen LogP) is -5.55. The highest BCUT2D eigenvalue weighted by atomic mass is 16.7. The molecule has 1 rings (SSSR count). The first-order chi connectivity index (χ1) is 10.7. The molecular formula is C12H22O11. The number of hydrogen-bond acceptors (Lipinski definition) is 11. The van der Waals surface area contributed by atoms with Crippen LogP contribution in [-0.2, 0) is 14.3 Å². The zero-order valence-corrected chi connectivity index (χ0v) is 12.0.